The van der Waals surface area contributed by atoms with Gasteiger partial charge in [-0.2, -0.15) is 0 Å². The van der Waals surface area contributed by atoms with Crippen LogP contribution in [-0.2, 0) is 32.6 Å². The summed E-state index contributed by atoms with van der Waals surface area (Å²) in [4.78, 5) is 35.2. The van der Waals surface area contributed by atoms with E-state index in [4.69, 9.17) is 23.3 Å². The zero-order valence-electron chi connectivity index (χ0n) is 21.2. The molecule has 0 radical (unpaired) electrons. The van der Waals surface area contributed by atoms with Gasteiger partial charge in [-0.1, -0.05) is 32.5 Å². The normalized spacial score (nSPS) is 27.9. The van der Waals surface area contributed by atoms with Gasteiger partial charge in [0.05, 0.1) is 12.7 Å². The summed E-state index contributed by atoms with van der Waals surface area (Å²) >= 11 is 1.16. The fourth-order valence-electron chi connectivity index (χ4n) is 4.30. The number of imidazole rings is 1. The van der Waals surface area contributed by atoms with Crippen LogP contribution < -0.4 is 5.56 Å². The average Bonchev–Trinajstić information content (AvgIpc) is 3.42. The molecule has 2 aromatic rings. The van der Waals surface area contributed by atoms with E-state index in [9.17, 15) is 14.2 Å². The third kappa shape index (κ3) is 5.28. The Bertz CT molecular complexity index is 1200. The number of nitrogens with one attached hydrogen (secondary N) is 1. The zero-order valence-corrected chi connectivity index (χ0v) is 22.9. The summed E-state index contributed by atoms with van der Waals surface area (Å²) in [6, 6.07) is 0. The number of rotatable bonds is 10. The van der Waals surface area contributed by atoms with Gasteiger partial charge < -0.3 is 19.2 Å². The first kappa shape index (κ1) is 27.3. The standard InChI is InChI=1S/C22H31N4O8PS/c1-7-20(2,3)19(28)36-9-8-30-35(29)31-10-13-15-22(6,34-21(4,5)33-15)18(32-13)26-12-25-14-16(26)23-11-24-17(14)27/h11-13,15,18H,7-10H2,1-6H3/p+1/t13-,15+,18-,22?/m1/s1. The fourth-order valence-corrected chi connectivity index (χ4v) is 5.90. The Hall–Kier alpha value is -1.73. The number of carbonyl (C=O) groups excluding carboxylic acids is 1. The van der Waals surface area contributed by atoms with E-state index in [0.29, 0.717) is 11.4 Å². The van der Waals surface area contributed by atoms with Crippen molar-refractivity contribution in [3.05, 3.63) is 23.0 Å². The van der Waals surface area contributed by atoms with Crippen LogP contribution >= 0.6 is 20.0 Å². The molecular weight excluding hydrogens is 511 g/mol. The number of hydrogen-bond donors (Lipinski definition) is 1. The van der Waals surface area contributed by atoms with Crippen molar-refractivity contribution in [2.45, 2.75) is 77.8 Å². The molecule has 2 fully saturated rings. The molecule has 2 aliphatic rings. The van der Waals surface area contributed by atoms with E-state index in [1.165, 1.54) is 12.7 Å². The molecule has 2 aliphatic heterocycles. The van der Waals surface area contributed by atoms with Crippen molar-refractivity contribution in [3.63, 3.8) is 0 Å². The first-order valence-electron chi connectivity index (χ1n) is 11.7. The average molecular weight is 544 g/mol. The van der Waals surface area contributed by atoms with Crippen molar-refractivity contribution < 1.29 is 32.6 Å². The molecule has 0 amide bonds. The van der Waals surface area contributed by atoms with Crippen LogP contribution in [0, 0.1) is 5.41 Å². The van der Waals surface area contributed by atoms with E-state index in [0.717, 1.165) is 18.2 Å². The number of aromatic nitrogens is 4. The van der Waals surface area contributed by atoms with Crippen molar-refractivity contribution in [2.24, 2.45) is 5.41 Å². The molecule has 4 rings (SSSR count). The molecular formula is C22H32N4O8PS+. The van der Waals surface area contributed by atoms with Crippen LogP contribution in [0.25, 0.3) is 11.2 Å². The molecule has 198 valence electrons. The molecule has 0 bridgehead atoms. The first-order chi connectivity index (χ1) is 16.9. The molecule has 2 aromatic heterocycles. The summed E-state index contributed by atoms with van der Waals surface area (Å²) in [5.74, 6) is -0.532. The first-order valence-corrected chi connectivity index (χ1v) is 13.8. The molecule has 5 atom stereocenters. The van der Waals surface area contributed by atoms with Crippen LogP contribution in [0.1, 0.15) is 54.2 Å². The molecule has 2 saturated heterocycles. The van der Waals surface area contributed by atoms with Gasteiger partial charge in [0.25, 0.3) is 5.56 Å². The second kappa shape index (κ2) is 10.2. The summed E-state index contributed by atoms with van der Waals surface area (Å²) in [5.41, 5.74) is -1.23. The Balaban J connectivity index is 1.39. The van der Waals surface area contributed by atoms with Crippen molar-refractivity contribution in [3.8, 4) is 0 Å². The predicted octanol–water partition coefficient (Wildman–Crippen LogP) is 3.31. The zero-order chi connectivity index (χ0) is 26.3. The van der Waals surface area contributed by atoms with E-state index in [2.05, 4.69) is 15.0 Å². The Morgan fingerprint density at radius 1 is 1.31 bits per heavy atom. The van der Waals surface area contributed by atoms with Gasteiger partial charge in [0.15, 0.2) is 28.3 Å². The number of thioether (sulfide) groups is 1. The minimum atomic E-state index is -2.44. The lowest BCUT2D eigenvalue weighted by atomic mass is 9.92. The molecule has 12 nitrogen and oxygen atoms in total. The Morgan fingerprint density at radius 2 is 2.06 bits per heavy atom. The Labute approximate surface area is 213 Å². The molecule has 0 saturated carbocycles. The largest absolute Gasteiger partial charge is 0.697 e. The highest BCUT2D eigenvalue weighted by Gasteiger charge is 2.64. The van der Waals surface area contributed by atoms with Crippen LogP contribution in [0.15, 0.2) is 17.4 Å². The summed E-state index contributed by atoms with van der Waals surface area (Å²) in [6.45, 7) is 11.2. The fraction of sp³-hybridized carbons (Fsp3) is 0.727. The van der Waals surface area contributed by atoms with Crippen LogP contribution in [0.4, 0.5) is 0 Å². The molecule has 0 spiro atoms. The van der Waals surface area contributed by atoms with Crippen LogP contribution in [0.5, 0.6) is 0 Å². The number of aromatic amines is 1. The number of H-pyrrole nitrogens is 1. The quantitative estimate of drug-likeness (QED) is 0.348. The lowest BCUT2D eigenvalue weighted by Crippen LogP contribution is -2.42. The minimum Gasteiger partial charge on any atom is -0.346 e. The highest BCUT2D eigenvalue weighted by Crippen LogP contribution is 2.51. The molecule has 4 heterocycles. The number of hydrogen-bond acceptors (Lipinski definition) is 11. The van der Waals surface area contributed by atoms with Crippen molar-refractivity contribution in [2.75, 3.05) is 19.0 Å². The second-order valence-electron chi connectivity index (χ2n) is 10.0. The monoisotopic (exact) mass is 543 g/mol. The van der Waals surface area contributed by atoms with E-state index >= 15 is 0 Å². The second-order valence-corrected chi connectivity index (χ2v) is 12.1. The van der Waals surface area contributed by atoms with Gasteiger partial charge >= 0.3 is 8.25 Å². The van der Waals surface area contributed by atoms with E-state index in [1.54, 1.807) is 18.4 Å². The summed E-state index contributed by atoms with van der Waals surface area (Å²) in [5, 5.41) is 0.0685. The number of fused-ring (bicyclic) bond motifs is 2. The van der Waals surface area contributed by atoms with Gasteiger partial charge in [0.2, 0.25) is 0 Å². The SMILES string of the molecule is CCC(C)(C)C(=O)SCCO[P+](=O)OC[C@H]1O[C@@H](n2cnc3c(=O)[nH]cnc32)C2(C)OC(C)(C)O[C@@H]12. The highest BCUT2D eigenvalue weighted by molar-refractivity contribution is 8.13. The van der Waals surface area contributed by atoms with Gasteiger partial charge in [-0.25, -0.2) is 9.97 Å². The minimum absolute atomic E-state index is 0.0685. The van der Waals surface area contributed by atoms with E-state index in [-0.39, 0.29) is 29.4 Å². The lowest BCUT2D eigenvalue weighted by Gasteiger charge is -2.30. The van der Waals surface area contributed by atoms with Gasteiger partial charge in [-0.15, -0.1) is 9.05 Å². The number of ether oxygens (including phenoxy) is 3. The summed E-state index contributed by atoms with van der Waals surface area (Å²) in [6.07, 6.45) is 1.56. The van der Waals surface area contributed by atoms with Crippen LogP contribution in [0.3, 0.4) is 0 Å². The third-order valence-corrected chi connectivity index (χ3v) is 8.42. The van der Waals surface area contributed by atoms with Crippen LogP contribution in [0.2, 0.25) is 0 Å². The number of carbonyl (C=O) groups is 1. The van der Waals surface area contributed by atoms with Crippen molar-refractivity contribution in [1.82, 2.24) is 19.5 Å². The molecule has 1 N–H and O–H groups in total. The van der Waals surface area contributed by atoms with Crippen molar-refractivity contribution >= 4 is 36.3 Å². The summed E-state index contributed by atoms with van der Waals surface area (Å²) in [7, 11) is -2.44. The molecule has 14 heteroatoms. The third-order valence-electron chi connectivity index (χ3n) is 6.48. The Kier molecular flexibility index (Phi) is 7.74. The Morgan fingerprint density at radius 3 is 2.78 bits per heavy atom. The summed E-state index contributed by atoms with van der Waals surface area (Å²) < 4.78 is 43.3. The lowest BCUT2D eigenvalue weighted by molar-refractivity contribution is -0.216. The van der Waals surface area contributed by atoms with Gasteiger partial charge in [0.1, 0.15) is 31.0 Å². The van der Waals surface area contributed by atoms with Gasteiger partial charge in [-0.3, -0.25) is 14.2 Å². The van der Waals surface area contributed by atoms with Crippen molar-refractivity contribution in [1.29, 1.82) is 0 Å². The maximum Gasteiger partial charge on any atom is 0.697 e. The van der Waals surface area contributed by atoms with E-state index < -0.39 is 43.5 Å². The van der Waals surface area contributed by atoms with E-state index in [1.807, 2.05) is 27.7 Å². The molecule has 36 heavy (non-hydrogen) atoms. The smallest absolute Gasteiger partial charge is 0.346 e. The topological polar surface area (TPSA) is 144 Å². The molecule has 0 aliphatic carbocycles. The molecule has 0 aromatic carbocycles. The number of nitrogens with zero attached hydrogens (tertiary/aromatic N) is 3. The maximum atomic E-state index is 12.3. The molecule has 2 unspecified atom stereocenters. The van der Waals surface area contributed by atoms with Gasteiger partial charge in [-0.05, 0) is 27.2 Å². The van der Waals surface area contributed by atoms with Crippen LogP contribution in [-0.4, -0.2) is 67.2 Å². The maximum absolute atomic E-state index is 12.3. The van der Waals surface area contributed by atoms with Gasteiger partial charge in [0, 0.05) is 15.7 Å². The predicted molar refractivity (Wildman–Crippen MR) is 132 cm³/mol. The highest BCUT2D eigenvalue weighted by atomic mass is 32.2.